The van der Waals surface area contributed by atoms with Crippen LogP contribution < -0.4 is 4.74 Å². The second-order valence-electron chi connectivity index (χ2n) is 6.71. The van der Waals surface area contributed by atoms with E-state index in [9.17, 15) is 22.8 Å². The number of esters is 1. The third-order valence-corrected chi connectivity index (χ3v) is 4.80. The van der Waals surface area contributed by atoms with Crippen LogP contribution in [0.25, 0.3) is 0 Å². The van der Waals surface area contributed by atoms with E-state index in [1.165, 1.54) is 12.0 Å². The fourth-order valence-corrected chi connectivity index (χ4v) is 3.44. The summed E-state index contributed by atoms with van der Waals surface area (Å²) >= 11 is 0. The highest BCUT2D eigenvalue weighted by molar-refractivity contribution is 5.79. The molecule has 3 rings (SSSR count). The largest absolute Gasteiger partial charge is 0.497 e. The van der Waals surface area contributed by atoms with E-state index < -0.39 is 24.3 Å². The maximum atomic E-state index is 12.8. The summed E-state index contributed by atoms with van der Waals surface area (Å²) in [5.74, 6) is -1.87. The normalized spacial score (nSPS) is 17.9. The van der Waals surface area contributed by atoms with Crippen molar-refractivity contribution in [3.8, 4) is 5.75 Å². The number of amides is 1. The van der Waals surface area contributed by atoms with E-state index in [1.54, 1.807) is 54.6 Å². The number of rotatable bonds is 6. The minimum atomic E-state index is -5.12. The molecular formula is C21H20F3NO4. The van der Waals surface area contributed by atoms with E-state index in [4.69, 9.17) is 9.47 Å². The van der Waals surface area contributed by atoms with E-state index in [1.807, 2.05) is 0 Å². The molecular weight excluding hydrogens is 387 g/mol. The maximum absolute atomic E-state index is 12.8. The molecule has 154 valence electrons. The number of alkyl halides is 3. The van der Waals surface area contributed by atoms with Crippen molar-refractivity contribution in [1.82, 2.24) is 4.90 Å². The van der Waals surface area contributed by atoms with Crippen molar-refractivity contribution in [3.63, 3.8) is 0 Å². The van der Waals surface area contributed by atoms with Gasteiger partial charge in [-0.2, -0.15) is 13.2 Å². The van der Waals surface area contributed by atoms with Gasteiger partial charge in [-0.1, -0.05) is 42.5 Å². The highest BCUT2D eigenvalue weighted by Gasteiger charge is 2.46. The smallest absolute Gasteiger partial charge is 0.490 e. The van der Waals surface area contributed by atoms with Crippen LogP contribution in [0.15, 0.2) is 54.6 Å². The van der Waals surface area contributed by atoms with Crippen LogP contribution in [-0.4, -0.2) is 36.1 Å². The highest BCUT2D eigenvalue weighted by Crippen LogP contribution is 2.36. The van der Waals surface area contributed by atoms with E-state index in [0.717, 1.165) is 5.56 Å². The van der Waals surface area contributed by atoms with E-state index >= 15 is 0 Å². The van der Waals surface area contributed by atoms with Gasteiger partial charge >= 0.3 is 12.1 Å². The molecule has 1 aliphatic rings. The molecule has 0 aliphatic carbocycles. The molecule has 0 spiro atoms. The van der Waals surface area contributed by atoms with E-state index in [-0.39, 0.29) is 25.3 Å². The predicted octanol–water partition coefficient (Wildman–Crippen LogP) is 4.03. The summed E-state index contributed by atoms with van der Waals surface area (Å²) in [5, 5.41) is 0. The summed E-state index contributed by atoms with van der Waals surface area (Å²) in [6.45, 7) is 0.174. The molecule has 0 radical (unpaired) electrons. The maximum Gasteiger partial charge on any atom is 0.490 e. The average Bonchev–Trinajstić information content (AvgIpc) is 3.06. The molecule has 8 heteroatoms. The van der Waals surface area contributed by atoms with Crippen LogP contribution in [0.1, 0.15) is 30.1 Å². The summed E-state index contributed by atoms with van der Waals surface area (Å²) in [4.78, 5) is 25.5. The second-order valence-corrected chi connectivity index (χ2v) is 6.71. The first-order chi connectivity index (χ1) is 13.8. The highest BCUT2D eigenvalue weighted by atomic mass is 19.4. The van der Waals surface area contributed by atoms with Crippen molar-refractivity contribution in [3.05, 3.63) is 65.7 Å². The van der Waals surface area contributed by atoms with Gasteiger partial charge in [0.1, 0.15) is 11.9 Å². The number of halogens is 3. The molecule has 2 aromatic rings. The zero-order valence-electron chi connectivity index (χ0n) is 15.7. The lowest BCUT2D eigenvalue weighted by atomic mass is 9.99. The summed E-state index contributed by atoms with van der Waals surface area (Å²) in [6.07, 6.45) is -5.88. The van der Waals surface area contributed by atoms with Crippen LogP contribution in [0.5, 0.6) is 5.75 Å². The zero-order valence-corrected chi connectivity index (χ0v) is 15.7. The number of hydrogen-bond acceptors (Lipinski definition) is 4. The number of carbonyl (C=O) groups is 2. The first kappa shape index (κ1) is 20.7. The van der Waals surface area contributed by atoms with Crippen LogP contribution in [0.3, 0.4) is 0 Å². The van der Waals surface area contributed by atoms with Gasteiger partial charge in [0.25, 0.3) is 0 Å². The number of hydrogen-bond donors (Lipinski definition) is 0. The minimum Gasteiger partial charge on any atom is -0.497 e. The second kappa shape index (κ2) is 8.55. The SMILES string of the molecule is COc1cccc(CN2C(=O)CCC2C(OC(=O)C(F)(F)F)c2ccccc2)c1. The number of likely N-dealkylation sites (tertiary alicyclic amines) is 1. The van der Waals surface area contributed by atoms with Crippen molar-refractivity contribution in [2.75, 3.05) is 7.11 Å². The zero-order chi connectivity index (χ0) is 21.0. The molecule has 0 N–H and O–H groups in total. The monoisotopic (exact) mass is 407 g/mol. The molecule has 2 unspecified atom stereocenters. The summed E-state index contributed by atoms with van der Waals surface area (Å²) in [7, 11) is 1.52. The van der Waals surface area contributed by atoms with Gasteiger partial charge in [-0.3, -0.25) is 4.79 Å². The molecule has 1 fully saturated rings. The molecule has 2 atom stereocenters. The predicted molar refractivity (Wildman–Crippen MR) is 97.9 cm³/mol. The number of nitrogens with zero attached hydrogens (tertiary/aromatic N) is 1. The Bertz CT molecular complexity index is 870. The van der Waals surface area contributed by atoms with Crippen LogP contribution in [0.4, 0.5) is 13.2 Å². The van der Waals surface area contributed by atoms with Crippen molar-refractivity contribution >= 4 is 11.9 Å². The molecule has 5 nitrogen and oxygen atoms in total. The lowest BCUT2D eigenvalue weighted by molar-refractivity contribution is -0.208. The van der Waals surface area contributed by atoms with Gasteiger partial charge in [0.15, 0.2) is 0 Å². The van der Waals surface area contributed by atoms with Gasteiger partial charge in [-0.15, -0.1) is 0 Å². The molecule has 0 bridgehead atoms. The summed E-state index contributed by atoms with van der Waals surface area (Å²) < 4.78 is 48.6. The van der Waals surface area contributed by atoms with Gasteiger partial charge in [0, 0.05) is 13.0 Å². The number of methoxy groups -OCH3 is 1. The molecule has 1 aliphatic heterocycles. The Kier molecular flexibility index (Phi) is 6.10. The average molecular weight is 407 g/mol. The molecule has 1 amide bonds. The van der Waals surface area contributed by atoms with Gasteiger partial charge < -0.3 is 14.4 Å². The quantitative estimate of drug-likeness (QED) is 0.679. The summed E-state index contributed by atoms with van der Waals surface area (Å²) in [6, 6.07) is 14.5. The molecule has 0 aromatic heterocycles. The fourth-order valence-electron chi connectivity index (χ4n) is 3.44. The van der Waals surface area contributed by atoms with Crippen LogP contribution in [0, 0.1) is 0 Å². The third-order valence-electron chi connectivity index (χ3n) is 4.80. The van der Waals surface area contributed by atoms with Gasteiger partial charge in [0.05, 0.1) is 13.2 Å². The van der Waals surface area contributed by atoms with Crippen LogP contribution in [-0.2, 0) is 20.9 Å². The van der Waals surface area contributed by atoms with Crippen molar-refractivity contribution in [2.24, 2.45) is 0 Å². The number of carbonyl (C=O) groups excluding carboxylic acids is 2. The van der Waals surface area contributed by atoms with Crippen molar-refractivity contribution in [2.45, 2.75) is 37.7 Å². The minimum absolute atomic E-state index is 0.168. The Hall–Kier alpha value is -3.03. The first-order valence-electron chi connectivity index (χ1n) is 9.04. The van der Waals surface area contributed by atoms with E-state index in [0.29, 0.717) is 11.3 Å². The Morgan fingerprint density at radius 1 is 1.17 bits per heavy atom. The van der Waals surface area contributed by atoms with Crippen LogP contribution >= 0.6 is 0 Å². The number of benzene rings is 2. The number of ether oxygens (including phenoxy) is 2. The molecule has 0 saturated carbocycles. The van der Waals surface area contributed by atoms with Gasteiger partial charge in [-0.05, 0) is 29.7 Å². The molecule has 29 heavy (non-hydrogen) atoms. The third kappa shape index (κ3) is 4.88. The fraction of sp³-hybridized carbons (Fsp3) is 0.333. The van der Waals surface area contributed by atoms with Gasteiger partial charge in [0.2, 0.25) is 5.91 Å². The standard InChI is InChI=1S/C21H20F3NO4/c1-28-16-9-5-6-14(12-16)13-25-17(10-11-18(25)26)19(15-7-3-2-4-8-15)29-20(27)21(22,23)24/h2-9,12,17,19H,10-11,13H2,1H3. The first-order valence-corrected chi connectivity index (χ1v) is 9.04. The van der Waals surface area contributed by atoms with Crippen molar-refractivity contribution < 1.29 is 32.2 Å². The Morgan fingerprint density at radius 3 is 2.55 bits per heavy atom. The Morgan fingerprint density at radius 2 is 1.90 bits per heavy atom. The topological polar surface area (TPSA) is 55.8 Å². The Balaban J connectivity index is 1.90. The Labute approximate surface area is 166 Å². The lowest BCUT2D eigenvalue weighted by Crippen LogP contribution is -2.40. The van der Waals surface area contributed by atoms with Gasteiger partial charge in [-0.25, -0.2) is 4.79 Å². The van der Waals surface area contributed by atoms with E-state index in [2.05, 4.69) is 0 Å². The molecule has 2 aromatic carbocycles. The molecule has 1 heterocycles. The van der Waals surface area contributed by atoms with Crippen molar-refractivity contribution in [1.29, 1.82) is 0 Å². The van der Waals surface area contributed by atoms with Crippen LogP contribution in [0.2, 0.25) is 0 Å². The molecule has 1 saturated heterocycles. The summed E-state index contributed by atoms with van der Waals surface area (Å²) in [5.41, 5.74) is 1.17. The lowest BCUT2D eigenvalue weighted by Gasteiger charge is -2.32.